The normalized spacial score (nSPS) is 11.5. The van der Waals surface area contributed by atoms with Crippen LogP contribution in [-0.2, 0) is 0 Å². The number of aromatic amines is 2. The highest BCUT2D eigenvalue weighted by Crippen LogP contribution is 2.35. The van der Waals surface area contributed by atoms with Crippen LogP contribution in [0.2, 0.25) is 0 Å². The molecule has 0 amide bonds. The zero-order chi connectivity index (χ0) is 23.9. The largest absolute Gasteiger partial charge is 0.382 e. The number of hydrogen-bond acceptors (Lipinski definition) is 4. The van der Waals surface area contributed by atoms with E-state index in [-0.39, 0.29) is 5.82 Å². The van der Waals surface area contributed by atoms with Crippen LogP contribution in [0, 0.1) is 5.82 Å². The fraction of sp³-hybridized carbons (Fsp3) is 0.107. The van der Waals surface area contributed by atoms with Crippen molar-refractivity contribution in [3.8, 4) is 33.6 Å². The molecule has 172 valence electrons. The number of aromatic nitrogens is 5. The van der Waals surface area contributed by atoms with Crippen LogP contribution in [0.5, 0.6) is 0 Å². The van der Waals surface area contributed by atoms with Gasteiger partial charge in [0.05, 0.1) is 17.1 Å². The molecule has 7 heteroatoms. The number of pyridine rings is 2. The maximum absolute atomic E-state index is 14.6. The van der Waals surface area contributed by atoms with Gasteiger partial charge in [-0.05, 0) is 49.7 Å². The summed E-state index contributed by atoms with van der Waals surface area (Å²) in [7, 11) is 0. The standard InChI is InChI=1S/C28H23FN6/c1-16(2)32-19-10-17(13-30-15-19)18-11-23-27(34-35-28(23)31-14-18)26-12-22-20(7-5-9-25(22)33-26)21-6-3-4-8-24(21)29/h3-16,32-33H,1-2H3,(H,31,34,35). The fourth-order valence-electron chi connectivity index (χ4n) is 4.48. The summed E-state index contributed by atoms with van der Waals surface area (Å²) in [4.78, 5) is 12.4. The molecule has 35 heavy (non-hydrogen) atoms. The zero-order valence-electron chi connectivity index (χ0n) is 19.3. The van der Waals surface area contributed by atoms with Gasteiger partial charge in [-0.1, -0.05) is 30.3 Å². The van der Waals surface area contributed by atoms with Crippen LogP contribution in [0.25, 0.3) is 55.6 Å². The van der Waals surface area contributed by atoms with E-state index in [0.717, 1.165) is 50.1 Å². The molecule has 0 bridgehead atoms. The van der Waals surface area contributed by atoms with E-state index in [1.165, 1.54) is 6.07 Å². The van der Waals surface area contributed by atoms with Crippen LogP contribution in [0.15, 0.2) is 79.3 Å². The maximum Gasteiger partial charge on any atom is 0.181 e. The molecule has 0 saturated carbocycles. The summed E-state index contributed by atoms with van der Waals surface area (Å²) in [6.45, 7) is 4.19. The minimum atomic E-state index is -0.244. The lowest BCUT2D eigenvalue weighted by Crippen LogP contribution is -2.09. The van der Waals surface area contributed by atoms with Gasteiger partial charge in [-0.2, -0.15) is 5.10 Å². The number of fused-ring (bicyclic) bond motifs is 2. The number of nitrogens with zero attached hydrogens (tertiary/aromatic N) is 3. The van der Waals surface area contributed by atoms with E-state index in [4.69, 9.17) is 0 Å². The lowest BCUT2D eigenvalue weighted by atomic mass is 10.0. The summed E-state index contributed by atoms with van der Waals surface area (Å²) in [5, 5.41) is 12.8. The molecule has 6 rings (SSSR count). The van der Waals surface area contributed by atoms with Crippen molar-refractivity contribution in [3.63, 3.8) is 0 Å². The molecule has 0 spiro atoms. The van der Waals surface area contributed by atoms with Crippen molar-refractivity contribution in [2.75, 3.05) is 5.32 Å². The first kappa shape index (κ1) is 21.0. The molecule has 0 radical (unpaired) electrons. The molecule has 4 aromatic heterocycles. The number of H-pyrrole nitrogens is 2. The van der Waals surface area contributed by atoms with E-state index in [9.17, 15) is 4.39 Å². The summed E-state index contributed by atoms with van der Waals surface area (Å²) >= 11 is 0. The van der Waals surface area contributed by atoms with Gasteiger partial charge in [0.1, 0.15) is 5.82 Å². The van der Waals surface area contributed by atoms with Crippen LogP contribution in [0.3, 0.4) is 0 Å². The van der Waals surface area contributed by atoms with Crippen LogP contribution in [0.1, 0.15) is 13.8 Å². The Morgan fingerprint density at radius 3 is 2.54 bits per heavy atom. The summed E-state index contributed by atoms with van der Waals surface area (Å²) in [6.07, 6.45) is 5.46. The first-order valence-corrected chi connectivity index (χ1v) is 11.5. The lowest BCUT2D eigenvalue weighted by Gasteiger charge is -2.10. The van der Waals surface area contributed by atoms with E-state index >= 15 is 0 Å². The van der Waals surface area contributed by atoms with Gasteiger partial charge in [-0.3, -0.25) is 10.1 Å². The van der Waals surface area contributed by atoms with E-state index < -0.39 is 0 Å². The molecule has 4 heterocycles. The van der Waals surface area contributed by atoms with Gasteiger partial charge < -0.3 is 10.3 Å². The molecular weight excluding hydrogens is 439 g/mol. The van der Waals surface area contributed by atoms with Crippen LogP contribution >= 0.6 is 0 Å². The third-order valence-corrected chi connectivity index (χ3v) is 6.03. The second kappa shape index (κ2) is 8.36. The predicted octanol–water partition coefficient (Wildman–Crippen LogP) is 6.79. The molecule has 0 unspecified atom stereocenters. The van der Waals surface area contributed by atoms with E-state index in [2.05, 4.69) is 56.4 Å². The molecule has 0 aliphatic rings. The highest BCUT2D eigenvalue weighted by Gasteiger charge is 2.16. The third kappa shape index (κ3) is 3.81. The summed E-state index contributed by atoms with van der Waals surface area (Å²) in [6, 6.07) is 19.2. The Bertz CT molecular complexity index is 1680. The summed E-state index contributed by atoms with van der Waals surface area (Å²) in [5.74, 6) is -0.244. The van der Waals surface area contributed by atoms with Crippen LogP contribution < -0.4 is 5.32 Å². The van der Waals surface area contributed by atoms with Crippen molar-refractivity contribution in [1.82, 2.24) is 25.1 Å². The Hall–Kier alpha value is -4.52. The average molecular weight is 463 g/mol. The van der Waals surface area contributed by atoms with Crippen molar-refractivity contribution in [3.05, 3.63) is 85.1 Å². The molecule has 3 N–H and O–H groups in total. The topological polar surface area (TPSA) is 82.3 Å². The van der Waals surface area contributed by atoms with Crippen molar-refractivity contribution in [2.24, 2.45) is 0 Å². The fourth-order valence-corrected chi connectivity index (χ4v) is 4.48. The van der Waals surface area contributed by atoms with Gasteiger partial charge in [-0.25, -0.2) is 9.37 Å². The number of nitrogens with one attached hydrogen (secondary N) is 3. The predicted molar refractivity (Wildman–Crippen MR) is 139 cm³/mol. The van der Waals surface area contributed by atoms with E-state index in [1.54, 1.807) is 12.1 Å². The minimum Gasteiger partial charge on any atom is -0.382 e. The third-order valence-electron chi connectivity index (χ3n) is 6.03. The smallest absolute Gasteiger partial charge is 0.181 e. The highest BCUT2D eigenvalue weighted by atomic mass is 19.1. The zero-order valence-corrected chi connectivity index (χ0v) is 19.3. The van der Waals surface area contributed by atoms with Gasteiger partial charge >= 0.3 is 0 Å². The summed E-state index contributed by atoms with van der Waals surface area (Å²) in [5.41, 5.74) is 7.52. The second-order valence-electron chi connectivity index (χ2n) is 8.88. The number of hydrogen-bond donors (Lipinski definition) is 3. The number of anilines is 1. The number of halogens is 1. The average Bonchev–Trinajstić information content (AvgIpc) is 3.47. The molecule has 0 atom stereocenters. The first-order valence-electron chi connectivity index (χ1n) is 11.5. The van der Waals surface area contributed by atoms with Gasteiger partial charge in [-0.15, -0.1) is 0 Å². The van der Waals surface area contributed by atoms with Gasteiger partial charge in [0.25, 0.3) is 0 Å². The Morgan fingerprint density at radius 1 is 0.857 bits per heavy atom. The Balaban J connectivity index is 1.46. The molecular formula is C28H23FN6. The van der Waals surface area contributed by atoms with Crippen molar-refractivity contribution in [2.45, 2.75) is 19.9 Å². The van der Waals surface area contributed by atoms with Crippen molar-refractivity contribution < 1.29 is 4.39 Å². The van der Waals surface area contributed by atoms with Gasteiger partial charge in [0, 0.05) is 57.6 Å². The number of benzene rings is 2. The van der Waals surface area contributed by atoms with Crippen molar-refractivity contribution >= 4 is 27.6 Å². The molecule has 0 fully saturated rings. The van der Waals surface area contributed by atoms with E-state index in [1.807, 2.05) is 48.9 Å². The summed E-state index contributed by atoms with van der Waals surface area (Å²) < 4.78 is 14.6. The SMILES string of the molecule is CC(C)Nc1cncc(-c2cnc3n[nH]c(-c4cc5c(-c6ccccc6F)cccc5[nH]4)c3c2)c1. The molecule has 6 nitrogen and oxygen atoms in total. The Kier molecular flexibility index (Phi) is 5.03. The first-order chi connectivity index (χ1) is 17.1. The second-order valence-corrected chi connectivity index (χ2v) is 8.88. The lowest BCUT2D eigenvalue weighted by molar-refractivity contribution is 0.631. The quantitative estimate of drug-likeness (QED) is 0.263. The monoisotopic (exact) mass is 462 g/mol. The maximum atomic E-state index is 14.6. The molecule has 2 aromatic carbocycles. The highest BCUT2D eigenvalue weighted by molar-refractivity contribution is 6.01. The van der Waals surface area contributed by atoms with Gasteiger partial charge in [0.2, 0.25) is 0 Å². The molecule has 0 aliphatic carbocycles. The molecule has 0 aliphatic heterocycles. The van der Waals surface area contributed by atoms with Crippen LogP contribution in [-0.4, -0.2) is 31.2 Å². The van der Waals surface area contributed by atoms with Crippen LogP contribution in [0.4, 0.5) is 10.1 Å². The Morgan fingerprint density at radius 2 is 1.69 bits per heavy atom. The van der Waals surface area contributed by atoms with E-state index in [0.29, 0.717) is 17.3 Å². The Labute approximate surface area is 201 Å². The molecule has 0 saturated heterocycles. The number of rotatable bonds is 5. The molecule has 6 aromatic rings. The van der Waals surface area contributed by atoms with Gasteiger partial charge in [0.15, 0.2) is 5.65 Å². The van der Waals surface area contributed by atoms with Crippen molar-refractivity contribution in [1.29, 1.82) is 0 Å². The minimum absolute atomic E-state index is 0.244.